The lowest BCUT2D eigenvalue weighted by molar-refractivity contribution is 0.576. The number of nitrogens with two attached hydrogens (primary N) is 1. The van der Waals surface area contributed by atoms with Crippen LogP contribution in [-0.4, -0.2) is 32.3 Å². The van der Waals surface area contributed by atoms with Crippen molar-refractivity contribution in [3.05, 3.63) is 23.7 Å². The van der Waals surface area contributed by atoms with Gasteiger partial charge in [-0.15, -0.1) is 27.2 Å². The van der Waals surface area contributed by atoms with Crippen molar-refractivity contribution in [1.82, 2.24) is 25.1 Å². The first-order valence-corrected chi connectivity index (χ1v) is 6.78. The van der Waals surface area contributed by atoms with Crippen molar-refractivity contribution in [3.8, 4) is 0 Å². The van der Waals surface area contributed by atoms with E-state index in [0.29, 0.717) is 29.9 Å². The van der Waals surface area contributed by atoms with Gasteiger partial charge in [-0.2, -0.15) is 9.61 Å². The molecule has 116 valence electrons. The van der Waals surface area contributed by atoms with Crippen molar-refractivity contribution in [2.45, 2.75) is 33.7 Å². The molecule has 2 heterocycles. The van der Waals surface area contributed by atoms with Gasteiger partial charge in [0.2, 0.25) is 0 Å². The van der Waals surface area contributed by atoms with Crippen molar-refractivity contribution < 1.29 is 0 Å². The minimum atomic E-state index is 0. The minimum Gasteiger partial charge on any atom is -0.370 e. The summed E-state index contributed by atoms with van der Waals surface area (Å²) in [5.41, 5.74) is 7.43. The first-order valence-electron chi connectivity index (χ1n) is 6.78. The van der Waals surface area contributed by atoms with E-state index in [4.69, 9.17) is 5.73 Å². The summed E-state index contributed by atoms with van der Waals surface area (Å²) in [5, 5.41) is 15.6. The molecule has 0 spiro atoms. The fourth-order valence-corrected chi connectivity index (χ4v) is 1.72. The Hall–Kier alpha value is -1.70. The van der Waals surface area contributed by atoms with Crippen molar-refractivity contribution >= 4 is 28.6 Å². The summed E-state index contributed by atoms with van der Waals surface area (Å²) < 4.78 is 1.69. The lowest BCUT2D eigenvalue weighted by Gasteiger charge is -2.07. The molecule has 0 amide bonds. The molecule has 0 radical (unpaired) electrons. The maximum absolute atomic E-state index is 5.81. The zero-order valence-corrected chi connectivity index (χ0v) is 14.3. The van der Waals surface area contributed by atoms with Crippen LogP contribution in [0.5, 0.6) is 0 Å². The quantitative estimate of drug-likeness (QED) is 0.625. The number of rotatable bonds is 5. The third kappa shape index (κ3) is 4.96. The molecule has 0 fully saturated rings. The summed E-state index contributed by atoms with van der Waals surface area (Å²) in [4.78, 5) is 4.26. The summed E-state index contributed by atoms with van der Waals surface area (Å²) in [7, 11) is 0. The van der Waals surface area contributed by atoms with Crippen molar-refractivity contribution in [3.63, 3.8) is 0 Å². The zero-order chi connectivity index (χ0) is 14.5. The number of nitrogens with one attached hydrogen (secondary N) is 1. The van der Waals surface area contributed by atoms with Gasteiger partial charge in [0.05, 0.1) is 5.69 Å². The SMILES string of the molecule is Br.Cc1ccc2nnc(CN=C(N)NCCC(C)C)n2n1. The molecule has 0 saturated carbocycles. The van der Waals surface area contributed by atoms with Gasteiger partial charge in [-0.25, -0.2) is 4.99 Å². The van der Waals surface area contributed by atoms with Crippen LogP contribution in [0, 0.1) is 12.8 Å². The third-order valence-electron chi connectivity index (χ3n) is 2.88. The molecule has 21 heavy (non-hydrogen) atoms. The molecule has 0 saturated heterocycles. The molecule has 0 aliphatic heterocycles. The molecule has 0 bridgehead atoms. The number of guanidine groups is 1. The van der Waals surface area contributed by atoms with Crippen LogP contribution in [0.1, 0.15) is 31.8 Å². The standard InChI is InChI=1S/C13H21N7.BrH/c1-9(2)6-7-15-13(14)16-8-12-18-17-11-5-4-10(3)19-20(11)12;/h4-5,9H,6-8H2,1-3H3,(H3,14,15,16);1H. The van der Waals surface area contributed by atoms with Gasteiger partial charge in [-0.3, -0.25) is 0 Å². The second-order valence-electron chi connectivity index (χ2n) is 5.17. The summed E-state index contributed by atoms with van der Waals surface area (Å²) >= 11 is 0. The molecule has 3 N–H and O–H groups in total. The van der Waals surface area contributed by atoms with E-state index < -0.39 is 0 Å². The molecule has 0 aliphatic rings. The number of aromatic nitrogens is 4. The van der Waals surface area contributed by atoms with Gasteiger partial charge in [0.15, 0.2) is 17.4 Å². The maximum Gasteiger partial charge on any atom is 0.189 e. The van der Waals surface area contributed by atoms with E-state index >= 15 is 0 Å². The Morgan fingerprint density at radius 1 is 1.38 bits per heavy atom. The van der Waals surface area contributed by atoms with Crippen LogP contribution in [0.4, 0.5) is 0 Å². The fourth-order valence-electron chi connectivity index (χ4n) is 1.72. The second-order valence-corrected chi connectivity index (χ2v) is 5.17. The van der Waals surface area contributed by atoms with E-state index in [1.54, 1.807) is 4.52 Å². The lowest BCUT2D eigenvalue weighted by Crippen LogP contribution is -2.33. The van der Waals surface area contributed by atoms with Crippen LogP contribution < -0.4 is 11.1 Å². The third-order valence-corrected chi connectivity index (χ3v) is 2.88. The second kappa shape index (κ2) is 7.92. The number of aliphatic imine (C=N–C) groups is 1. The molecule has 2 rings (SSSR count). The van der Waals surface area contributed by atoms with E-state index in [9.17, 15) is 0 Å². The van der Waals surface area contributed by atoms with E-state index in [0.717, 1.165) is 18.7 Å². The number of fused-ring (bicyclic) bond motifs is 1. The minimum absolute atomic E-state index is 0. The first kappa shape index (κ1) is 17.4. The van der Waals surface area contributed by atoms with Gasteiger partial charge < -0.3 is 11.1 Å². The van der Waals surface area contributed by atoms with Crippen LogP contribution in [0.25, 0.3) is 5.65 Å². The van der Waals surface area contributed by atoms with Gasteiger partial charge >= 0.3 is 0 Å². The summed E-state index contributed by atoms with van der Waals surface area (Å²) in [5.74, 6) is 1.75. The number of aryl methyl sites for hydroxylation is 1. The first-order chi connectivity index (χ1) is 9.56. The number of halogens is 1. The van der Waals surface area contributed by atoms with E-state index in [1.807, 2.05) is 19.1 Å². The Labute approximate surface area is 134 Å². The highest BCUT2D eigenvalue weighted by atomic mass is 79.9. The Balaban J connectivity index is 0.00000220. The van der Waals surface area contributed by atoms with Gasteiger partial charge in [0.25, 0.3) is 0 Å². The number of hydrogen-bond donors (Lipinski definition) is 2. The summed E-state index contributed by atoms with van der Waals surface area (Å²) in [6.07, 6.45) is 1.06. The molecule has 8 heteroatoms. The van der Waals surface area contributed by atoms with Gasteiger partial charge in [0.1, 0.15) is 6.54 Å². The molecular formula is C13H22BrN7. The van der Waals surface area contributed by atoms with E-state index in [-0.39, 0.29) is 17.0 Å². The highest BCUT2D eigenvalue weighted by molar-refractivity contribution is 8.93. The normalized spacial score (nSPS) is 11.7. The average Bonchev–Trinajstić information content (AvgIpc) is 2.78. The van der Waals surface area contributed by atoms with Gasteiger partial charge in [-0.05, 0) is 31.4 Å². The number of nitrogens with zero attached hydrogens (tertiary/aromatic N) is 5. The fraction of sp³-hybridized carbons (Fsp3) is 0.538. The zero-order valence-electron chi connectivity index (χ0n) is 12.6. The van der Waals surface area contributed by atoms with Crippen LogP contribution in [-0.2, 0) is 6.54 Å². The Kier molecular flexibility index (Phi) is 6.54. The monoisotopic (exact) mass is 355 g/mol. The summed E-state index contributed by atoms with van der Waals surface area (Å²) in [6, 6.07) is 3.78. The Morgan fingerprint density at radius 2 is 2.14 bits per heavy atom. The van der Waals surface area contributed by atoms with Crippen LogP contribution in [0.15, 0.2) is 17.1 Å². The van der Waals surface area contributed by atoms with Crippen LogP contribution in [0.3, 0.4) is 0 Å². The molecule has 2 aromatic heterocycles. The highest BCUT2D eigenvalue weighted by Crippen LogP contribution is 2.03. The maximum atomic E-state index is 5.81. The van der Waals surface area contributed by atoms with Gasteiger partial charge in [-0.1, -0.05) is 13.8 Å². The molecular weight excluding hydrogens is 334 g/mol. The topological polar surface area (TPSA) is 93.5 Å². The van der Waals surface area contributed by atoms with Crippen LogP contribution >= 0.6 is 17.0 Å². The molecule has 0 aliphatic carbocycles. The predicted molar refractivity (Wildman–Crippen MR) is 88.6 cm³/mol. The Morgan fingerprint density at radius 3 is 2.86 bits per heavy atom. The van der Waals surface area contributed by atoms with E-state index in [1.165, 1.54) is 0 Å². The smallest absolute Gasteiger partial charge is 0.189 e. The van der Waals surface area contributed by atoms with Crippen molar-refractivity contribution in [1.29, 1.82) is 0 Å². The van der Waals surface area contributed by atoms with Crippen LogP contribution in [0.2, 0.25) is 0 Å². The van der Waals surface area contributed by atoms with Crippen molar-refractivity contribution in [2.75, 3.05) is 6.54 Å². The lowest BCUT2D eigenvalue weighted by atomic mass is 10.1. The molecule has 0 aromatic carbocycles. The van der Waals surface area contributed by atoms with Gasteiger partial charge in [0, 0.05) is 6.54 Å². The highest BCUT2D eigenvalue weighted by Gasteiger charge is 2.06. The number of hydrogen-bond acceptors (Lipinski definition) is 4. The molecule has 2 aromatic rings. The average molecular weight is 356 g/mol. The predicted octanol–water partition coefficient (Wildman–Crippen LogP) is 1.46. The Bertz CT molecular complexity index is 606. The summed E-state index contributed by atoms with van der Waals surface area (Å²) in [6.45, 7) is 7.45. The molecule has 0 atom stereocenters. The largest absolute Gasteiger partial charge is 0.370 e. The van der Waals surface area contributed by atoms with E-state index in [2.05, 4.69) is 39.5 Å². The molecule has 7 nitrogen and oxygen atoms in total. The molecule has 0 unspecified atom stereocenters. The van der Waals surface area contributed by atoms with Crippen molar-refractivity contribution in [2.24, 2.45) is 16.6 Å².